The summed E-state index contributed by atoms with van der Waals surface area (Å²) in [7, 11) is -0.996. The maximum Gasteiger partial charge on any atom is 0.211 e. The molecule has 2 aromatic carbocycles. The second kappa shape index (κ2) is 4.81. The first-order valence-electron chi connectivity index (χ1n) is 6.52. The molecule has 0 saturated carbocycles. The van der Waals surface area contributed by atoms with Crippen LogP contribution in [0.1, 0.15) is 5.56 Å². The molecule has 0 aromatic heterocycles. The molecule has 1 heterocycles. The van der Waals surface area contributed by atoms with Crippen LogP contribution >= 0.6 is 0 Å². The number of benzene rings is 2. The van der Waals surface area contributed by atoms with Crippen LogP contribution in [-0.2, 0) is 9.84 Å². The Morgan fingerprint density at radius 1 is 1.09 bits per heavy atom. The van der Waals surface area contributed by atoms with E-state index >= 15 is 0 Å². The minimum atomic E-state index is -3.77. The Kier molecular flexibility index (Phi) is 3.17. The van der Waals surface area contributed by atoms with Crippen molar-refractivity contribution in [3.05, 3.63) is 29.8 Å². The Bertz CT molecular complexity index is 874. The first kappa shape index (κ1) is 14.5. The number of aromatic hydroxyl groups is 1. The zero-order chi connectivity index (χ0) is 16.1. The number of rotatable bonds is 2. The van der Waals surface area contributed by atoms with Gasteiger partial charge in [-0.15, -0.1) is 0 Å². The molecule has 0 unspecified atom stereocenters. The third kappa shape index (κ3) is 1.75. The Morgan fingerprint density at radius 2 is 1.73 bits per heavy atom. The number of phenolic OH excluding ortho intramolecular Hbond substituents is 1. The number of hydrogen-bond acceptors (Lipinski definition) is 6. The molecule has 6 nitrogen and oxygen atoms in total. The van der Waals surface area contributed by atoms with Gasteiger partial charge in [0.1, 0.15) is 10.6 Å². The van der Waals surface area contributed by atoms with Gasteiger partial charge in [-0.2, -0.15) is 0 Å². The van der Waals surface area contributed by atoms with Crippen molar-refractivity contribution >= 4 is 21.2 Å². The van der Waals surface area contributed by atoms with E-state index in [1.54, 1.807) is 18.2 Å². The fourth-order valence-electron chi connectivity index (χ4n) is 2.67. The molecule has 2 aromatic rings. The highest BCUT2D eigenvalue weighted by molar-refractivity contribution is 7.92. The van der Waals surface area contributed by atoms with Crippen molar-refractivity contribution in [2.24, 2.45) is 0 Å². The maximum atomic E-state index is 12.9. The molecular weight excluding hydrogens is 306 g/mol. The molecule has 1 aliphatic rings. The Balaban J connectivity index is 2.45. The number of nitrogens with one attached hydrogen (secondary N) is 1. The summed E-state index contributed by atoms with van der Waals surface area (Å²) in [6.07, 6.45) is 0. The van der Waals surface area contributed by atoms with Gasteiger partial charge in [0.25, 0.3) is 0 Å². The van der Waals surface area contributed by atoms with Gasteiger partial charge in [-0.1, -0.05) is 12.1 Å². The molecule has 7 heteroatoms. The molecule has 3 rings (SSSR count). The van der Waals surface area contributed by atoms with E-state index in [-0.39, 0.29) is 38.3 Å². The molecule has 1 aliphatic heterocycles. The number of sulfone groups is 1. The van der Waals surface area contributed by atoms with E-state index in [9.17, 15) is 13.5 Å². The smallest absolute Gasteiger partial charge is 0.211 e. The molecule has 0 radical (unpaired) electrons. The quantitative estimate of drug-likeness (QED) is 0.706. The predicted molar refractivity (Wildman–Crippen MR) is 81.1 cm³/mol. The average Bonchev–Trinajstić information content (AvgIpc) is 2.50. The van der Waals surface area contributed by atoms with Crippen molar-refractivity contribution in [2.75, 3.05) is 19.5 Å². The standard InChI is InChI=1S/C15H15NO5S/c1-8-12(17)14(21-3)13(20-2)11-15(8)22(18,19)10-7-5-4-6-9(10)16-11/h4-7,16-17H,1-3H3. The molecule has 0 atom stereocenters. The number of para-hydroxylation sites is 1. The molecule has 0 aliphatic carbocycles. The summed E-state index contributed by atoms with van der Waals surface area (Å²) in [5.74, 6) is 0.00219. The van der Waals surface area contributed by atoms with Crippen molar-refractivity contribution in [3.8, 4) is 17.2 Å². The van der Waals surface area contributed by atoms with E-state index in [0.717, 1.165) is 0 Å². The highest BCUT2D eigenvalue weighted by Crippen LogP contribution is 2.53. The number of phenols is 1. The first-order valence-corrected chi connectivity index (χ1v) is 8.00. The van der Waals surface area contributed by atoms with Crippen LogP contribution in [0.25, 0.3) is 0 Å². The molecule has 2 N–H and O–H groups in total. The normalized spacial score (nSPS) is 14.5. The lowest BCUT2D eigenvalue weighted by Gasteiger charge is -2.26. The fourth-order valence-corrected chi connectivity index (χ4v) is 4.47. The largest absolute Gasteiger partial charge is 0.504 e. The zero-order valence-corrected chi connectivity index (χ0v) is 13.1. The number of methoxy groups -OCH3 is 2. The summed E-state index contributed by atoms with van der Waals surface area (Å²) in [6, 6.07) is 6.58. The second-order valence-electron chi connectivity index (χ2n) is 4.87. The van der Waals surface area contributed by atoms with E-state index in [4.69, 9.17) is 9.47 Å². The predicted octanol–water partition coefficient (Wildman–Crippen LogP) is 2.61. The van der Waals surface area contributed by atoms with Gasteiger partial charge in [-0.25, -0.2) is 8.42 Å². The SMILES string of the molecule is COc1c(O)c(C)c2c(c1OC)Nc1ccccc1S2(=O)=O. The molecule has 116 valence electrons. The summed E-state index contributed by atoms with van der Waals surface area (Å²) in [5, 5.41) is 13.3. The lowest BCUT2D eigenvalue weighted by Crippen LogP contribution is -2.16. The summed E-state index contributed by atoms with van der Waals surface area (Å²) in [4.78, 5) is 0.165. The van der Waals surface area contributed by atoms with Crippen LogP contribution in [0, 0.1) is 6.92 Å². The minimum Gasteiger partial charge on any atom is -0.504 e. The van der Waals surface area contributed by atoms with E-state index in [1.807, 2.05) is 0 Å². The summed E-state index contributed by atoms with van der Waals surface area (Å²) >= 11 is 0. The van der Waals surface area contributed by atoms with Crippen LogP contribution < -0.4 is 14.8 Å². The van der Waals surface area contributed by atoms with Gasteiger partial charge < -0.3 is 19.9 Å². The monoisotopic (exact) mass is 321 g/mol. The summed E-state index contributed by atoms with van der Waals surface area (Å²) < 4.78 is 36.2. The van der Waals surface area contributed by atoms with Gasteiger partial charge in [0.05, 0.1) is 24.8 Å². The third-order valence-corrected chi connectivity index (χ3v) is 5.67. The van der Waals surface area contributed by atoms with Crippen molar-refractivity contribution in [3.63, 3.8) is 0 Å². The van der Waals surface area contributed by atoms with E-state index in [2.05, 4.69) is 5.32 Å². The van der Waals surface area contributed by atoms with E-state index in [0.29, 0.717) is 5.69 Å². The Morgan fingerprint density at radius 3 is 2.36 bits per heavy atom. The van der Waals surface area contributed by atoms with Gasteiger partial charge in [-0.05, 0) is 19.1 Å². The molecule has 22 heavy (non-hydrogen) atoms. The summed E-state index contributed by atoms with van der Waals surface area (Å²) in [5.41, 5.74) is 0.948. The van der Waals surface area contributed by atoms with Gasteiger partial charge >= 0.3 is 0 Å². The van der Waals surface area contributed by atoms with Crippen LogP contribution in [0.2, 0.25) is 0 Å². The molecule has 0 spiro atoms. The van der Waals surface area contributed by atoms with E-state index < -0.39 is 9.84 Å². The lowest BCUT2D eigenvalue weighted by atomic mass is 10.1. The Labute approximate surface area is 128 Å². The van der Waals surface area contributed by atoms with Crippen LogP contribution in [0.15, 0.2) is 34.1 Å². The van der Waals surface area contributed by atoms with Crippen LogP contribution in [0.4, 0.5) is 11.4 Å². The third-order valence-electron chi connectivity index (χ3n) is 3.68. The molecular formula is C15H15NO5S. The van der Waals surface area contributed by atoms with Crippen molar-refractivity contribution in [2.45, 2.75) is 16.7 Å². The topological polar surface area (TPSA) is 84.9 Å². The van der Waals surface area contributed by atoms with Crippen LogP contribution in [0.5, 0.6) is 17.2 Å². The average molecular weight is 321 g/mol. The highest BCUT2D eigenvalue weighted by atomic mass is 32.2. The van der Waals surface area contributed by atoms with Gasteiger partial charge in [0.15, 0.2) is 11.5 Å². The van der Waals surface area contributed by atoms with Crippen molar-refractivity contribution in [1.29, 1.82) is 0 Å². The first-order chi connectivity index (χ1) is 10.4. The van der Waals surface area contributed by atoms with Gasteiger partial charge in [0.2, 0.25) is 15.6 Å². The highest BCUT2D eigenvalue weighted by Gasteiger charge is 2.36. The van der Waals surface area contributed by atoms with Crippen molar-refractivity contribution < 1.29 is 23.0 Å². The Hall–Kier alpha value is -2.41. The zero-order valence-electron chi connectivity index (χ0n) is 12.3. The lowest BCUT2D eigenvalue weighted by molar-refractivity contribution is 0.331. The minimum absolute atomic E-state index is 0.00125. The molecule has 0 bridgehead atoms. The van der Waals surface area contributed by atoms with Crippen LogP contribution in [-0.4, -0.2) is 27.7 Å². The van der Waals surface area contributed by atoms with Crippen LogP contribution in [0.3, 0.4) is 0 Å². The molecule has 0 saturated heterocycles. The second-order valence-corrected chi connectivity index (χ2v) is 6.72. The van der Waals surface area contributed by atoms with E-state index in [1.165, 1.54) is 27.2 Å². The number of hydrogen-bond donors (Lipinski definition) is 2. The van der Waals surface area contributed by atoms with Gasteiger partial charge in [0, 0.05) is 5.56 Å². The molecule has 0 fully saturated rings. The fraction of sp³-hybridized carbons (Fsp3) is 0.200. The van der Waals surface area contributed by atoms with Gasteiger partial charge in [-0.3, -0.25) is 0 Å². The molecule has 0 amide bonds. The summed E-state index contributed by atoms with van der Waals surface area (Å²) in [6.45, 7) is 1.53. The maximum absolute atomic E-state index is 12.9. The number of fused-ring (bicyclic) bond motifs is 2. The number of anilines is 2. The number of ether oxygens (including phenoxy) is 2. The van der Waals surface area contributed by atoms with Crippen molar-refractivity contribution in [1.82, 2.24) is 0 Å².